The minimum absolute atomic E-state index is 0.229. The van der Waals surface area contributed by atoms with Crippen LogP contribution in [-0.4, -0.2) is 62.2 Å². The number of esters is 1. The molecule has 0 aromatic carbocycles. The molecule has 27 heavy (non-hydrogen) atoms. The quantitative estimate of drug-likeness (QED) is 0.428. The molecule has 0 spiro atoms. The third-order valence-corrected chi connectivity index (χ3v) is 6.01. The number of aryl methyl sites for hydroxylation is 1. The maximum absolute atomic E-state index is 12.5. The van der Waals surface area contributed by atoms with Crippen LogP contribution in [-0.2, 0) is 26.2 Å². The molecule has 1 fully saturated rings. The van der Waals surface area contributed by atoms with Gasteiger partial charge in [-0.2, -0.15) is 5.10 Å². The molecule has 2 atom stereocenters. The second-order valence-electron chi connectivity index (χ2n) is 5.85. The Morgan fingerprint density at radius 3 is 2.74 bits per heavy atom. The van der Waals surface area contributed by atoms with Gasteiger partial charge in [0.05, 0.1) is 22.3 Å². The van der Waals surface area contributed by atoms with Crippen LogP contribution in [0.3, 0.4) is 0 Å². The summed E-state index contributed by atoms with van der Waals surface area (Å²) in [6.45, 7) is 0.968. The van der Waals surface area contributed by atoms with Crippen LogP contribution >= 0.6 is 27.7 Å². The third-order valence-electron chi connectivity index (χ3n) is 4.09. The molecule has 3 heterocycles. The molecule has 1 N–H and O–H groups in total. The highest BCUT2D eigenvalue weighted by Gasteiger charge is 2.53. The number of amides is 2. The van der Waals surface area contributed by atoms with Crippen molar-refractivity contribution in [3.63, 3.8) is 0 Å². The number of carbonyl (C=O) groups is 4. The number of β-lactam (4-membered cyclic amide) rings is 1. The van der Waals surface area contributed by atoms with Crippen molar-refractivity contribution < 1.29 is 29.0 Å². The fraction of sp³-hybridized carbons (Fsp3) is 0.400. The number of carbonyl (C=O) groups excluding carboxylic acids is 4. The van der Waals surface area contributed by atoms with Crippen LogP contribution in [0, 0.1) is 0 Å². The Kier molecular flexibility index (Phi) is 5.29. The van der Waals surface area contributed by atoms with Crippen LogP contribution < -0.4 is 10.4 Å². The third kappa shape index (κ3) is 3.46. The molecule has 2 unspecified atom stereocenters. The molecule has 12 heteroatoms. The normalized spacial score (nSPS) is 21.4. The standard InChI is InChI=1S/C15H15BrN4O6S/c1-6(21)26-4-7-5-27-14-9(13(23)20(14)10(7)15(24)25)18-12(22)11-8(16)3-17-19(11)2/h3,9,14H,4-5H2,1-2H3,(H,18,22)(H,24,25)/p-1. The second kappa shape index (κ2) is 7.35. The largest absolute Gasteiger partial charge is 0.543 e. The predicted molar refractivity (Wildman–Crippen MR) is 93.9 cm³/mol. The maximum atomic E-state index is 12.5. The molecule has 144 valence electrons. The van der Waals surface area contributed by atoms with Gasteiger partial charge in [0.2, 0.25) is 0 Å². The van der Waals surface area contributed by atoms with Gasteiger partial charge in [-0.05, 0) is 15.9 Å². The molecule has 0 bridgehead atoms. The summed E-state index contributed by atoms with van der Waals surface area (Å²) in [4.78, 5) is 48.5. The zero-order chi connectivity index (χ0) is 19.9. The van der Waals surface area contributed by atoms with Gasteiger partial charge in [0, 0.05) is 25.3 Å². The van der Waals surface area contributed by atoms with E-state index in [2.05, 4.69) is 26.3 Å². The lowest BCUT2D eigenvalue weighted by atomic mass is 10.0. The van der Waals surface area contributed by atoms with Crippen molar-refractivity contribution in [2.45, 2.75) is 18.3 Å². The summed E-state index contributed by atoms with van der Waals surface area (Å²) in [6, 6.07) is -0.881. The zero-order valence-corrected chi connectivity index (χ0v) is 16.6. The molecular weight excluding hydrogens is 444 g/mol. The highest BCUT2D eigenvalue weighted by Crippen LogP contribution is 2.40. The van der Waals surface area contributed by atoms with Crippen molar-refractivity contribution in [1.29, 1.82) is 0 Å². The first-order chi connectivity index (χ1) is 12.7. The number of nitrogens with zero attached hydrogens (tertiary/aromatic N) is 3. The lowest BCUT2D eigenvalue weighted by Crippen LogP contribution is -2.71. The summed E-state index contributed by atoms with van der Waals surface area (Å²) in [5.41, 5.74) is 0.212. The molecule has 3 rings (SSSR count). The van der Waals surface area contributed by atoms with E-state index in [-0.39, 0.29) is 29.3 Å². The zero-order valence-electron chi connectivity index (χ0n) is 14.2. The molecule has 0 aliphatic carbocycles. The van der Waals surface area contributed by atoms with Crippen LogP contribution in [0.1, 0.15) is 17.4 Å². The van der Waals surface area contributed by atoms with Crippen LogP contribution in [0.4, 0.5) is 0 Å². The van der Waals surface area contributed by atoms with E-state index in [1.165, 1.54) is 29.6 Å². The molecule has 0 radical (unpaired) electrons. The van der Waals surface area contributed by atoms with E-state index in [0.717, 1.165) is 4.90 Å². The number of rotatable bonds is 5. The van der Waals surface area contributed by atoms with E-state index in [9.17, 15) is 24.3 Å². The van der Waals surface area contributed by atoms with Crippen molar-refractivity contribution in [2.24, 2.45) is 7.05 Å². The molecule has 1 aromatic heterocycles. The van der Waals surface area contributed by atoms with Gasteiger partial charge in [-0.1, -0.05) is 0 Å². The number of fused-ring (bicyclic) bond motifs is 1. The molecule has 2 aliphatic heterocycles. The van der Waals surface area contributed by atoms with Crippen molar-refractivity contribution in [2.75, 3.05) is 12.4 Å². The number of hydrogen-bond donors (Lipinski definition) is 1. The summed E-state index contributed by atoms with van der Waals surface area (Å²) in [7, 11) is 1.59. The van der Waals surface area contributed by atoms with Gasteiger partial charge >= 0.3 is 5.97 Å². The Morgan fingerprint density at radius 2 is 2.19 bits per heavy atom. The Hall–Kier alpha value is -2.34. The number of thioether (sulfide) groups is 1. The highest BCUT2D eigenvalue weighted by molar-refractivity contribution is 9.10. The Bertz CT molecular complexity index is 862. The summed E-state index contributed by atoms with van der Waals surface area (Å²) in [5.74, 6) is -2.94. The van der Waals surface area contributed by atoms with E-state index in [4.69, 9.17) is 4.74 Å². The summed E-state index contributed by atoms with van der Waals surface area (Å²) in [5, 5.41) is 17.5. The number of ether oxygens (including phenoxy) is 1. The number of aromatic nitrogens is 2. The summed E-state index contributed by atoms with van der Waals surface area (Å²) in [6.07, 6.45) is 1.46. The van der Waals surface area contributed by atoms with Crippen LogP contribution in [0.2, 0.25) is 0 Å². The minimum atomic E-state index is -1.53. The van der Waals surface area contributed by atoms with E-state index in [1.54, 1.807) is 7.05 Å². The Labute approximate surface area is 166 Å². The highest BCUT2D eigenvalue weighted by atomic mass is 79.9. The first-order valence-electron chi connectivity index (χ1n) is 7.72. The average molecular weight is 458 g/mol. The summed E-state index contributed by atoms with van der Waals surface area (Å²) < 4.78 is 6.68. The van der Waals surface area contributed by atoms with Crippen LogP contribution in [0.15, 0.2) is 21.9 Å². The minimum Gasteiger partial charge on any atom is -0.543 e. The number of nitrogens with one attached hydrogen (secondary N) is 1. The van der Waals surface area contributed by atoms with Crippen molar-refractivity contribution in [3.05, 3.63) is 27.6 Å². The van der Waals surface area contributed by atoms with E-state index in [1.807, 2.05) is 0 Å². The lowest BCUT2D eigenvalue weighted by Gasteiger charge is -2.50. The van der Waals surface area contributed by atoms with Crippen molar-refractivity contribution in [1.82, 2.24) is 20.0 Å². The Balaban J connectivity index is 1.78. The SMILES string of the molecule is CC(=O)OCC1=C(C(=O)[O-])N2C(=O)C(NC(=O)c3c(Br)cnn3C)C2SC1. The topological polar surface area (TPSA) is 134 Å². The number of carboxylic acid groups (broad SMARTS) is 1. The van der Waals surface area contributed by atoms with E-state index < -0.39 is 35.2 Å². The fourth-order valence-corrected chi connectivity index (χ4v) is 4.70. The van der Waals surface area contributed by atoms with Gasteiger partial charge in [-0.25, -0.2) is 0 Å². The molecule has 0 saturated carbocycles. The Morgan fingerprint density at radius 1 is 1.48 bits per heavy atom. The van der Waals surface area contributed by atoms with Gasteiger partial charge in [-0.15, -0.1) is 11.8 Å². The van der Waals surface area contributed by atoms with E-state index in [0.29, 0.717) is 4.47 Å². The number of hydrogen-bond acceptors (Lipinski definition) is 8. The lowest BCUT2D eigenvalue weighted by molar-refractivity contribution is -0.301. The molecule has 2 aliphatic rings. The monoisotopic (exact) mass is 457 g/mol. The van der Waals surface area contributed by atoms with Gasteiger partial charge < -0.3 is 20.0 Å². The van der Waals surface area contributed by atoms with Gasteiger partial charge in [0.25, 0.3) is 11.8 Å². The van der Waals surface area contributed by atoms with Crippen LogP contribution in [0.5, 0.6) is 0 Å². The first kappa shape index (κ1) is 19.4. The summed E-state index contributed by atoms with van der Waals surface area (Å²) >= 11 is 4.49. The molecule has 1 aromatic rings. The number of carboxylic acids is 1. The van der Waals surface area contributed by atoms with E-state index >= 15 is 0 Å². The molecular formula is C15H14BrN4O6S-. The fourth-order valence-electron chi connectivity index (χ4n) is 2.85. The van der Waals surface area contributed by atoms with Gasteiger partial charge in [-0.3, -0.25) is 24.0 Å². The average Bonchev–Trinajstić information content (AvgIpc) is 2.94. The second-order valence-corrected chi connectivity index (χ2v) is 7.80. The first-order valence-corrected chi connectivity index (χ1v) is 9.56. The molecule has 10 nitrogen and oxygen atoms in total. The maximum Gasteiger partial charge on any atom is 0.302 e. The number of aliphatic carboxylic acids is 1. The smallest absolute Gasteiger partial charge is 0.302 e. The van der Waals surface area contributed by atoms with Gasteiger partial charge in [0.15, 0.2) is 0 Å². The predicted octanol–water partition coefficient (Wildman–Crippen LogP) is -1.24. The number of halogens is 1. The molecule has 1 saturated heterocycles. The van der Waals surface area contributed by atoms with Crippen molar-refractivity contribution in [3.8, 4) is 0 Å². The van der Waals surface area contributed by atoms with Gasteiger partial charge in [0.1, 0.15) is 23.7 Å². The van der Waals surface area contributed by atoms with Crippen LogP contribution in [0.25, 0.3) is 0 Å². The van der Waals surface area contributed by atoms with Crippen molar-refractivity contribution >= 4 is 51.4 Å². The molecule has 2 amide bonds.